The van der Waals surface area contributed by atoms with Crippen LogP contribution in [-0.4, -0.2) is 31.6 Å². The molecule has 1 heterocycles. The lowest BCUT2D eigenvalue weighted by atomic mass is 10.1. The first-order chi connectivity index (χ1) is 11.6. The topological polar surface area (TPSA) is 68.0 Å². The number of aryl methyl sites for hydroxylation is 1. The van der Waals surface area contributed by atoms with Gasteiger partial charge in [0.15, 0.2) is 11.0 Å². The van der Waals surface area contributed by atoms with Crippen molar-refractivity contribution >= 4 is 29.3 Å². The zero-order valence-electron chi connectivity index (χ0n) is 12.8. The van der Waals surface area contributed by atoms with Crippen LogP contribution in [0.2, 0.25) is 5.02 Å². The molecule has 0 fully saturated rings. The van der Waals surface area contributed by atoms with E-state index in [-0.39, 0.29) is 5.75 Å². The SMILES string of the molecule is Cc1ccc(-c2nnc(SCC(=O)O)n2-c2ccccc2)c(Cl)c1. The molecule has 3 rings (SSSR count). The Hall–Kier alpha value is -2.31. The average Bonchev–Trinajstić information content (AvgIpc) is 2.97. The Morgan fingerprint density at radius 3 is 2.62 bits per heavy atom. The van der Waals surface area contributed by atoms with Gasteiger partial charge in [0.25, 0.3) is 0 Å². The lowest BCUT2D eigenvalue weighted by Crippen LogP contribution is -2.03. The second-order valence-corrected chi connectivity index (χ2v) is 6.49. The highest BCUT2D eigenvalue weighted by atomic mass is 35.5. The maximum Gasteiger partial charge on any atom is 0.313 e. The summed E-state index contributed by atoms with van der Waals surface area (Å²) in [7, 11) is 0. The van der Waals surface area contributed by atoms with Gasteiger partial charge in [-0.3, -0.25) is 9.36 Å². The van der Waals surface area contributed by atoms with Crippen LogP contribution < -0.4 is 0 Å². The molecule has 0 spiro atoms. The molecule has 0 aliphatic carbocycles. The first-order valence-electron chi connectivity index (χ1n) is 7.18. The van der Waals surface area contributed by atoms with E-state index in [0.29, 0.717) is 16.0 Å². The number of carboxylic acids is 1. The zero-order valence-corrected chi connectivity index (χ0v) is 14.4. The van der Waals surface area contributed by atoms with Crippen molar-refractivity contribution in [3.8, 4) is 17.1 Å². The van der Waals surface area contributed by atoms with Gasteiger partial charge in [-0.2, -0.15) is 0 Å². The molecule has 7 heteroatoms. The normalized spacial score (nSPS) is 10.8. The Kier molecular flexibility index (Phi) is 4.87. The van der Waals surface area contributed by atoms with E-state index >= 15 is 0 Å². The second kappa shape index (κ2) is 7.07. The number of carbonyl (C=O) groups is 1. The van der Waals surface area contributed by atoms with E-state index in [1.165, 1.54) is 0 Å². The van der Waals surface area contributed by atoms with Gasteiger partial charge in [-0.1, -0.05) is 47.6 Å². The molecule has 24 heavy (non-hydrogen) atoms. The molecular weight excluding hydrogens is 346 g/mol. The fourth-order valence-corrected chi connectivity index (χ4v) is 3.27. The Balaban J connectivity index is 2.14. The maximum atomic E-state index is 10.9. The van der Waals surface area contributed by atoms with Crippen molar-refractivity contribution in [1.29, 1.82) is 0 Å². The van der Waals surface area contributed by atoms with Crippen LogP contribution >= 0.6 is 23.4 Å². The van der Waals surface area contributed by atoms with Gasteiger partial charge in [0.2, 0.25) is 0 Å². The standard InChI is InChI=1S/C17H14ClN3O2S/c1-11-7-8-13(14(18)9-11)16-19-20-17(24-10-15(22)23)21(16)12-5-3-2-4-6-12/h2-9H,10H2,1H3,(H,22,23). The van der Waals surface area contributed by atoms with Gasteiger partial charge in [0, 0.05) is 11.3 Å². The Bertz CT molecular complexity index is 881. The number of hydrogen-bond acceptors (Lipinski definition) is 4. The zero-order chi connectivity index (χ0) is 17.1. The summed E-state index contributed by atoms with van der Waals surface area (Å²) in [5.74, 6) is -0.413. The van der Waals surface area contributed by atoms with Crippen molar-refractivity contribution in [1.82, 2.24) is 14.8 Å². The quantitative estimate of drug-likeness (QED) is 0.695. The van der Waals surface area contributed by atoms with Crippen molar-refractivity contribution in [2.24, 2.45) is 0 Å². The summed E-state index contributed by atoms with van der Waals surface area (Å²) in [5, 5.41) is 18.4. The van der Waals surface area contributed by atoms with Crippen molar-refractivity contribution in [3.05, 3.63) is 59.1 Å². The van der Waals surface area contributed by atoms with Crippen molar-refractivity contribution in [3.63, 3.8) is 0 Å². The maximum absolute atomic E-state index is 10.9. The first-order valence-corrected chi connectivity index (χ1v) is 8.54. The van der Waals surface area contributed by atoms with E-state index in [0.717, 1.165) is 28.6 Å². The molecule has 2 aromatic carbocycles. The van der Waals surface area contributed by atoms with Gasteiger partial charge >= 0.3 is 5.97 Å². The number of rotatable bonds is 5. The highest BCUT2D eigenvalue weighted by Crippen LogP contribution is 2.32. The minimum atomic E-state index is -0.905. The van der Waals surface area contributed by atoms with E-state index in [1.54, 1.807) is 0 Å². The fourth-order valence-electron chi connectivity index (χ4n) is 2.28. The molecule has 0 aliphatic rings. The molecule has 0 amide bonds. The summed E-state index contributed by atoms with van der Waals surface area (Å²) >= 11 is 7.50. The van der Waals surface area contributed by atoms with Crippen molar-refractivity contribution in [2.75, 3.05) is 5.75 Å². The van der Waals surface area contributed by atoms with Crippen LogP contribution in [0.3, 0.4) is 0 Å². The van der Waals surface area contributed by atoms with Crippen LogP contribution in [0.1, 0.15) is 5.56 Å². The lowest BCUT2D eigenvalue weighted by Gasteiger charge is -2.11. The van der Waals surface area contributed by atoms with Crippen molar-refractivity contribution in [2.45, 2.75) is 12.1 Å². The molecule has 3 aromatic rings. The molecule has 0 atom stereocenters. The number of thioether (sulfide) groups is 1. The van der Waals surface area contributed by atoms with E-state index in [2.05, 4.69) is 10.2 Å². The molecule has 5 nitrogen and oxygen atoms in total. The van der Waals surface area contributed by atoms with Crippen LogP contribution in [0.25, 0.3) is 17.1 Å². The molecule has 0 radical (unpaired) electrons. The molecule has 1 aromatic heterocycles. The highest BCUT2D eigenvalue weighted by molar-refractivity contribution is 7.99. The molecule has 0 unspecified atom stereocenters. The number of hydrogen-bond donors (Lipinski definition) is 1. The van der Waals surface area contributed by atoms with E-state index in [9.17, 15) is 4.79 Å². The van der Waals surface area contributed by atoms with Gasteiger partial charge in [-0.15, -0.1) is 10.2 Å². The summed E-state index contributed by atoms with van der Waals surface area (Å²) in [5.41, 5.74) is 2.65. The predicted molar refractivity (Wildman–Crippen MR) is 94.9 cm³/mol. The van der Waals surface area contributed by atoms with Crippen LogP contribution in [0.5, 0.6) is 0 Å². The summed E-state index contributed by atoms with van der Waals surface area (Å²) < 4.78 is 1.82. The van der Waals surface area contributed by atoms with Gasteiger partial charge in [0.05, 0.1) is 10.8 Å². The van der Waals surface area contributed by atoms with Gasteiger partial charge in [-0.05, 0) is 36.8 Å². The third-order valence-corrected chi connectivity index (χ3v) is 4.56. The monoisotopic (exact) mass is 359 g/mol. The third kappa shape index (κ3) is 3.44. The van der Waals surface area contributed by atoms with Crippen LogP contribution in [0.4, 0.5) is 0 Å². The number of aromatic nitrogens is 3. The van der Waals surface area contributed by atoms with E-state index < -0.39 is 5.97 Å². The predicted octanol–water partition coefficient (Wildman–Crippen LogP) is 4.07. The van der Waals surface area contributed by atoms with Crippen LogP contribution in [0, 0.1) is 6.92 Å². The largest absolute Gasteiger partial charge is 0.481 e. The summed E-state index contributed by atoms with van der Waals surface area (Å²) in [6, 6.07) is 15.3. The average molecular weight is 360 g/mol. The molecule has 0 saturated heterocycles. The molecule has 0 aliphatic heterocycles. The van der Waals surface area contributed by atoms with E-state index in [1.807, 2.05) is 60.0 Å². The van der Waals surface area contributed by atoms with E-state index in [4.69, 9.17) is 16.7 Å². The molecule has 0 bridgehead atoms. The Labute approximate surface area is 148 Å². The van der Waals surface area contributed by atoms with Crippen molar-refractivity contribution < 1.29 is 9.90 Å². The lowest BCUT2D eigenvalue weighted by molar-refractivity contribution is -0.133. The Morgan fingerprint density at radius 2 is 1.96 bits per heavy atom. The molecule has 122 valence electrons. The Morgan fingerprint density at radius 1 is 1.21 bits per heavy atom. The number of aliphatic carboxylic acids is 1. The summed E-state index contributed by atoms with van der Waals surface area (Å²) in [6.07, 6.45) is 0. The smallest absolute Gasteiger partial charge is 0.313 e. The number of carboxylic acid groups (broad SMARTS) is 1. The number of benzene rings is 2. The number of para-hydroxylation sites is 1. The van der Waals surface area contributed by atoms with Crippen LogP contribution in [-0.2, 0) is 4.79 Å². The summed E-state index contributed by atoms with van der Waals surface area (Å²) in [6.45, 7) is 1.96. The van der Waals surface area contributed by atoms with Crippen LogP contribution in [0.15, 0.2) is 53.7 Å². The molecular formula is C17H14ClN3O2S. The minimum absolute atomic E-state index is 0.0907. The number of nitrogens with zero attached hydrogens (tertiary/aromatic N) is 3. The second-order valence-electron chi connectivity index (χ2n) is 5.14. The third-order valence-electron chi connectivity index (χ3n) is 3.34. The summed E-state index contributed by atoms with van der Waals surface area (Å²) in [4.78, 5) is 10.9. The van der Waals surface area contributed by atoms with Gasteiger partial charge in [0.1, 0.15) is 0 Å². The number of halogens is 1. The first kappa shape index (κ1) is 16.5. The fraction of sp³-hybridized carbons (Fsp3) is 0.118. The molecule has 0 saturated carbocycles. The van der Waals surface area contributed by atoms with Gasteiger partial charge < -0.3 is 5.11 Å². The van der Waals surface area contributed by atoms with Gasteiger partial charge in [-0.25, -0.2) is 0 Å². The minimum Gasteiger partial charge on any atom is -0.481 e. The molecule has 1 N–H and O–H groups in total. The highest BCUT2D eigenvalue weighted by Gasteiger charge is 2.18.